The Kier molecular flexibility index (Phi) is 6.51. The van der Waals surface area contributed by atoms with Gasteiger partial charge < -0.3 is 21.3 Å². The van der Waals surface area contributed by atoms with Gasteiger partial charge in [0.2, 0.25) is 11.8 Å². The highest BCUT2D eigenvalue weighted by Crippen LogP contribution is 2.26. The standard InChI is InChI=1S/C20H29N5O3/c1-13(2)22-18(26)9-8-16-11-21-19(27)17-10-15(12-25(16)17)24-20(28)23-14-6-4-3-5-7-14/h3-7,13,15-17H,8-12H2,1-2H3,(H,21,27)(H,22,26)(H2,23,24,28). The summed E-state index contributed by atoms with van der Waals surface area (Å²) in [6, 6.07) is 8.83. The fourth-order valence-electron chi connectivity index (χ4n) is 3.91. The van der Waals surface area contributed by atoms with Crippen molar-refractivity contribution in [1.82, 2.24) is 20.9 Å². The monoisotopic (exact) mass is 387 g/mol. The minimum atomic E-state index is -0.274. The van der Waals surface area contributed by atoms with Gasteiger partial charge in [0.1, 0.15) is 0 Å². The highest BCUT2D eigenvalue weighted by atomic mass is 16.2. The Balaban J connectivity index is 1.53. The van der Waals surface area contributed by atoms with Crippen molar-refractivity contribution in [3.8, 4) is 0 Å². The number of piperazine rings is 1. The van der Waals surface area contributed by atoms with Gasteiger partial charge in [-0.1, -0.05) is 18.2 Å². The molecular formula is C20H29N5O3. The van der Waals surface area contributed by atoms with Crippen LogP contribution in [0, 0.1) is 0 Å². The minimum absolute atomic E-state index is 0.00403. The summed E-state index contributed by atoms with van der Waals surface area (Å²) in [6.07, 6.45) is 1.68. The Morgan fingerprint density at radius 2 is 2.00 bits per heavy atom. The van der Waals surface area contributed by atoms with Crippen LogP contribution in [0.1, 0.15) is 33.1 Å². The van der Waals surface area contributed by atoms with E-state index in [9.17, 15) is 14.4 Å². The number of urea groups is 1. The van der Waals surface area contributed by atoms with Gasteiger partial charge in [-0.3, -0.25) is 14.5 Å². The molecule has 2 fully saturated rings. The van der Waals surface area contributed by atoms with Crippen molar-refractivity contribution in [3.05, 3.63) is 30.3 Å². The van der Waals surface area contributed by atoms with E-state index in [1.165, 1.54) is 0 Å². The third-order valence-corrected chi connectivity index (χ3v) is 5.14. The van der Waals surface area contributed by atoms with Crippen LogP contribution in [-0.4, -0.2) is 60.0 Å². The van der Waals surface area contributed by atoms with E-state index in [0.717, 1.165) is 5.69 Å². The molecule has 4 N–H and O–H groups in total. The Morgan fingerprint density at radius 1 is 1.25 bits per heavy atom. The maximum Gasteiger partial charge on any atom is 0.319 e. The van der Waals surface area contributed by atoms with Crippen LogP contribution in [-0.2, 0) is 9.59 Å². The predicted molar refractivity (Wildman–Crippen MR) is 107 cm³/mol. The molecule has 3 unspecified atom stereocenters. The van der Waals surface area contributed by atoms with E-state index in [2.05, 4.69) is 26.2 Å². The maximum atomic E-state index is 12.3. The Hall–Kier alpha value is -2.61. The summed E-state index contributed by atoms with van der Waals surface area (Å²) < 4.78 is 0. The number of benzene rings is 1. The highest BCUT2D eigenvalue weighted by Gasteiger charge is 2.43. The van der Waals surface area contributed by atoms with Crippen LogP contribution in [0.25, 0.3) is 0 Å². The lowest BCUT2D eigenvalue weighted by Crippen LogP contribution is -2.58. The van der Waals surface area contributed by atoms with E-state index >= 15 is 0 Å². The van der Waals surface area contributed by atoms with Crippen molar-refractivity contribution in [2.75, 3.05) is 18.4 Å². The molecule has 0 aromatic heterocycles. The van der Waals surface area contributed by atoms with E-state index in [1.54, 1.807) is 0 Å². The largest absolute Gasteiger partial charge is 0.354 e. The minimum Gasteiger partial charge on any atom is -0.354 e. The number of fused-ring (bicyclic) bond motifs is 1. The summed E-state index contributed by atoms with van der Waals surface area (Å²) in [6.45, 7) is 5.02. The van der Waals surface area contributed by atoms with E-state index in [-0.39, 0.29) is 42.0 Å². The first-order valence-corrected chi connectivity index (χ1v) is 9.87. The van der Waals surface area contributed by atoms with Crippen LogP contribution in [0.4, 0.5) is 10.5 Å². The summed E-state index contributed by atoms with van der Waals surface area (Å²) >= 11 is 0. The molecule has 2 aliphatic heterocycles. The first-order chi connectivity index (χ1) is 13.4. The highest BCUT2D eigenvalue weighted by molar-refractivity contribution is 5.89. The van der Waals surface area contributed by atoms with Gasteiger partial charge in [0.25, 0.3) is 0 Å². The normalized spacial score (nSPS) is 24.4. The van der Waals surface area contributed by atoms with Crippen LogP contribution in [0.15, 0.2) is 30.3 Å². The molecule has 8 heteroatoms. The molecule has 0 bridgehead atoms. The summed E-state index contributed by atoms with van der Waals surface area (Å²) in [5.41, 5.74) is 0.725. The molecule has 0 saturated carbocycles. The zero-order chi connectivity index (χ0) is 20.1. The first-order valence-electron chi connectivity index (χ1n) is 9.87. The number of hydrogen-bond acceptors (Lipinski definition) is 4. The van der Waals surface area contributed by atoms with E-state index in [1.807, 2.05) is 44.2 Å². The topological polar surface area (TPSA) is 103 Å². The number of amides is 4. The van der Waals surface area contributed by atoms with Crippen LogP contribution in [0.5, 0.6) is 0 Å². The predicted octanol–water partition coefficient (Wildman–Crippen LogP) is 1.05. The molecule has 1 aromatic carbocycles. The van der Waals surface area contributed by atoms with Crippen molar-refractivity contribution in [2.24, 2.45) is 0 Å². The summed E-state index contributed by atoms with van der Waals surface area (Å²) in [5.74, 6) is 0.0233. The van der Waals surface area contributed by atoms with Crippen LogP contribution >= 0.6 is 0 Å². The third kappa shape index (κ3) is 5.22. The second kappa shape index (κ2) is 9.05. The molecule has 28 heavy (non-hydrogen) atoms. The number of carbonyl (C=O) groups is 3. The van der Waals surface area contributed by atoms with E-state index in [4.69, 9.17) is 0 Å². The number of rotatable bonds is 6. The zero-order valence-corrected chi connectivity index (χ0v) is 16.4. The molecular weight excluding hydrogens is 358 g/mol. The van der Waals surface area contributed by atoms with Gasteiger partial charge in [0.15, 0.2) is 0 Å². The molecule has 3 rings (SSSR count). The molecule has 8 nitrogen and oxygen atoms in total. The fraction of sp³-hybridized carbons (Fsp3) is 0.550. The number of anilines is 1. The molecule has 2 aliphatic rings. The Bertz CT molecular complexity index is 709. The van der Waals surface area contributed by atoms with Crippen LogP contribution in [0.3, 0.4) is 0 Å². The molecule has 152 valence electrons. The molecule has 1 aromatic rings. The number of para-hydroxylation sites is 1. The average Bonchev–Trinajstić information content (AvgIpc) is 3.06. The lowest BCUT2D eigenvalue weighted by molar-refractivity contribution is -0.129. The number of hydrogen-bond donors (Lipinski definition) is 4. The molecule has 0 spiro atoms. The van der Waals surface area contributed by atoms with Gasteiger partial charge in [0.05, 0.1) is 6.04 Å². The summed E-state index contributed by atoms with van der Waals surface area (Å²) in [7, 11) is 0. The number of nitrogens with one attached hydrogen (secondary N) is 4. The Morgan fingerprint density at radius 3 is 2.71 bits per heavy atom. The summed E-state index contributed by atoms with van der Waals surface area (Å²) in [5, 5.41) is 11.6. The second-order valence-electron chi connectivity index (χ2n) is 7.77. The molecule has 0 aliphatic carbocycles. The average molecular weight is 387 g/mol. The van der Waals surface area contributed by atoms with Crippen molar-refractivity contribution in [2.45, 2.75) is 57.3 Å². The van der Waals surface area contributed by atoms with Crippen molar-refractivity contribution in [3.63, 3.8) is 0 Å². The Labute approximate surface area is 165 Å². The van der Waals surface area contributed by atoms with Gasteiger partial charge in [-0.25, -0.2) is 4.79 Å². The summed E-state index contributed by atoms with van der Waals surface area (Å²) in [4.78, 5) is 38.6. The van der Waals surface area contributed by atoms with Gasteiger partial charge in [0, 0.05) is 43.3 Å². The zero-order valence-electron chi connectivity index (χ0n) is 16.4. The molecule has 3 atom stereocenters. The van der Waals surface area contributed by atoms with Gasteiger partial charge in [-0.15, -0.1) is 0 Å². The maximum absolute atomic E-state index is 12.3. The van der Waals surface area contributed by atoms with Crippen molar-refractivity contribution < 1.29 is 14.4 Å². The van der Waals surface area contributed by atoms with Crippen LogP contribution < -0.4 is 21.3 Å². The van der Waals surface area contributed by atoms with Crippen molar-refractivity contribution in [1.29, 1.82) is 0 Å². The lowest BCUT2D eigenvalue weighted by Gasteiger charge is -2.37. The van der Waals surface area contributed by atoms with E-state index in [0.29, 0.717) is 32.4 Å². The van der Waals surface area contributed by atoms with Gasteiger partial charge in [-0.2, -0.15) is 0 Å². The SMILES string of the molecule is CC(C)NC(=O)CCC1CNC(=O)C2CC(NC(=O)Nc3ccccc3)CN12. The van der Waals surface area contributed by atoms with E-state index < -0.39 is 0 Å². The molecule has 0 radical (unpaired) electrons. The lowest BCUT2D eigenvalue weighted by atomic mass is 10.0. The van der Waals surface area contributed by atoms with Crippen molar-refractivity contribution >= 4 is 23.5 Å². The van der Waals surface area contributed by atoms with Gasteiger partial charge >= 0.3 is 6.03 Å². The van der Waals surface area contributed by atoms with Crippen LogP contribution in [0.2, 0.25) is 0 Å². The quantitative estimate of drug-likeness (QED) is 0.586. The number of carbonyl (C=O) groups excluding carboxylic acids is 3. The van der Waals surface area contributed by atoms with Gasteiger partial charge in [-0.05, 0) is 38.8 Å². The third-order valence-electron chi connectivity index (χ3n) is 5.14. The fourth-order valence-corrected chi connectivity index (χ4v) is 3.91. The second-order valence-corrected chi connectivity index (χ2v) is 7.77. The molecule has 4 amide bonds. The first kappa shape index (κ1) is 20.1. The molecule has 2 heterocycles. The smallest absolute Gasteiger partial charge is 0.319 e. The number of nitrogens with zero attached hydrogens (tertiary/aromatic N) is 1. The molecule has 2 saturated heterocycles.